The maximum atomic E-state index is 11.6. The zero-order valence-electron chi connectivity index (χ0n) is 19.2. The van der Waals surface area contributed by atoms with Crippen molar-refractivity contribution in [3.63, 3.8) is 0 Å². The molecule has 7 heteroatoms. The molecular formula is C25H35N3O4. The first-order valence-electron chi connectivity index (χ1n) is 11.6. The van der Waals surface area contributed by atoms with Gasteiger partial charge in [0.1, 0.15) is 12.6 Å². The fourth-order valence-corrected chi connectivity index (χ4v) is 5.38. The molecule has 7 nitrogen and oxygen atoms in total. The Morgan fingerprint density at radius 3 is 2.41 bits per heavy atom. The Labute approximate surface area is 190 Å². The van der Waals surface area contributed by atoms with Crippen LogP contribution in [0.3, 0.4) is 0 Å². The van der Waals surface area contributed by atoms with E-state index in [9.17, 15) is 19.2 Å². The summed E-state index contributed by atoms with van der Waals surface area (Å²) < 4.78 is 0. The fourth-order valence-electron chi connectivity index (χ4n) is 5.38. The number of likely N-dealkylation sites (N-methyl/N-ethyl adjacent to an activating group) is 1. The summed E-state index contributed by atoms with van der Waals surface area (Å²) in [6, 6.07) is 5.67. The molecule has 2 fully saturated rings. The highest BCUT2D eigenvalue weighted by molar-refractivity contribution is 5.85. The second kappa shape index (κ2) is 10.7. The van der Waals surface area contributed by atoms with Crippen molar-refractivity contribution in [3.05, 3.63) is 23.8 Å². The van der Waals surface area contributed by atoms with E-state index < -0.39 is 6.04 Å². The van der Waals surface area contributed by atoms with Crippen LogP contribution < -0.4 is 9.80 Å². The zero-order valence-corrected chi connectivity index (χ0v) is 19.2. The molecule has 0 radical (unpaired) electrons. The van der Waals surface area contributed by atoms with Crippen LogP contribution in [0.4, 0.5) is 11.4 Å². The monoisotopic (exact) mass is 441 g/mol. The Hall–Kier alpha value is -2.70. The van der Waals surface area contributed by atoms with Gasteiger partial charge in [-0.05, 0) is 74.0 Å². The van der Waals surface area contributed by atoms with E-state index >= 15 is 0 Å². The lowest BCUT2D eigenvalue weighted by Crippen LogP contribution is -2.46. The summed E-state index contributed by atoms with van der Waals surface area (Å²) in [7, 11) is 3.54. The summed E-state index contributed by atoms with van der Waals surface area (Å²) in [5.74, 6) is 0.718. The van der Waals surface area contributed by atoms with Gasteiger partial charge in [-0.3, -0.25) is 9.59 Å². The van der Waals surface area contributed by atoms with E-state index in [0.717, 1.165) is 81.5 Å². The molecule has 1 heterocycles. The molecule has 1 aromatic carbocycles. The molecular weight excluding hydrogens is 406 g/mol. The number of likely N-dealkylation sites (tertiary alicyclic amines) is 1. The van der Waals surface area contributed by atoms with Crippen molar-refractivity contribution < 1.29 is 19.2 Å². The minimum absolute atomic E-state index is 0.320. The third-order valence-electron chi connectivity index (χ3n) is 7.49. The van der Waals surface area contributed by atoms with Gasteiger partial charge in [-0.2, -0.15) is 0 Å². The molecule has 1 aromatic rings. The molecule has 3 rings (SSSR count). The lowest BCUT2D eigenvalue weighted by Gasteiger charge is -2.52. The number of carbonyl (C=O) groups excluding carboxylic acids is 4. The molecule has 0 N–H and O–H groups in total. The normalized spacial score (nSPS) is 18.5. The molecule has 1 aliphatic heterocycles. The van der Waals surface area contributed by atoms with Crippen LogP contribution in [0.5, 0.6) is 0 Å². The summed E-state index contributed by atoms with van der Waals surface area (Å²) in [6.45, 7) is 1.78. The minimum atomic E-state index is -0.415. The van der Waals surface area contributed by atoms with Gasteiger partial charge in [-0.1, -0.05) is 6.07 Å². The van der Waals surface area contributed by atoms with Gasteiger partial charge >= 0.3 is 0 Å². The molecule has 32 heavy (non-hydrogen) atoms. The maximum Gasteiger partial charge on any atom is 0.213 e. The van der Waals surface area contributed by atoms with Crippen LogP contribution in [-0.2, 0) is 25.6 Å². The molecule has 1 aliphatic carbocycles. The average Bonchev–Trinajstić information content (AvgIpc) is 2.81. The van der Waals surface area contributed by atoms with Gasteiger partial charge in [0, 0.05) is 33.6 Å². The number of anilines is 2. The lowest BCUT2D eigenvalue weighted by atomic mass is 9.56. The first-order valence-corrected chi connectivity index (χ1v) is 11.6. The molecule has 0 aromatic heterocycles. The average molecular weight is 442 g/mol. The SMILES string of the molecule is CN(C=O)c1cc(CCC2CC3(CCN(C=O)CC3)C2)ccc1N(C)C(C=O)CCC=O. The summed E-state index contributed by atoms with van der Waals surface area (Å²) in [5.41, 5.74) is 3.20. The zero-order chi connectivity index (χ0) is 23.1. The van der Waals surface area contributed by atoms with Crippen LogP contribution in [-0.4, -0.2) is 63.5 Å². The fraction of sp³-hybridized carbons (Fsp3) is 0.600. The largest absolute Gasteiger partial charge is 0.363 e. The number of rotatable bonds is 12. The molecule has 1 saturated carbocycles. The summed E-state index contributed by atoms with van der Waals surface area (Å²) >= 11 is 0. The van der Waals surface area contributed by atoms with E-state index in [-0.39, 0.29) is 0 Å². The van der Waals surface area contributed by atoms with E-state index in [4.69, 9.17) is 0 Å². The number of hydrogen-bond acceptors (Lipinski definition) is 5. The third-order valence-corrected chi connectivity index (χ3v) is 7.49. The van der Waals surface area contributed by atoms with E-state index in [1.165, 1.54) is 23.3 Å². The second-order valence-electron chi connectivity index (χ2n) is 9.55. The van der Waals surface area contributed by atoms with E-state index in [0.29, 0.717) is 18.3 Å². The third kappa shape index (κ3) is 5.37. The highest BCUT2D eigenvalue weighted by Gasteiger charge is 2.45. The standard InChI is InChI=1S/C25H35N3O4/c1-26(18-31)24-14-20(7-8-23(24)27(2)22(17-30)4-3-13-29)5-6-21-15-25(16-21)9-11-28(19-32)12-10-25/h7-8,13-14,17-19,21-22H,3-6,9-12,15-16H2,1-2H3. The molecule has 2 amide bonds. The quantitative estimate of drug-likeness (QED) is 0.466. The van der Waals surface area contributed by atoms with Gasteiger partial charge in [-0.15, -0.1) is 0 Å². The predicted molar refractivity (Wildman–Crippen MR) is 125 cm³/mol. The molecule has 1 spiro atoms. The molecule has 0 bridgehead atoms. The van der Waals surface area contributed by atoms with Crippen molar-refractivity contribution in [2.24, 2.45) is 11.3 Å². The molecule has 2 aliphatic rings. The summed E-state index contributed by atoms with van der Waals surface area (Å²) in [4.78, 5) is 50.0. The van der Waals surface area contributed by atoms with Gasteiger partial charge < -0.3 is 24.3 Å². The summed E-state index contributed by atoms with van der Waals surface area (Å²) in [6.07, 6.45) is 11.0. The van der Waals surface area contributed by atoms with E-state index in [1.807, 2.05) is 29.0 Å². The lowest BCUT2D eigenvalue weighted by molar-refractivity contribution is -0.122. The highest BCUT2D eigenvalue weighted by Crippen LogP contribution is 2.53. The highest BCUT2D eigenvalue weighted by atomic mass is 16.1. The van der Waals surface area contributed by atoms with Gasteiger partial charge in [0.15, 0.2) is 0 Å². The van der Waals surface area contributed by atoms with Gasteiger partial charge in [-0.25, -0.2) is 0 Å². The second-order valence-corrected chi connectivity index (χ2v) is 9.55. The van der Waals surface area contributed by atoms with Gasteiger partial charge in [0.25, 0.3) is 0 Å². The molecule has 174 valence electrons. The number of aryl methyl sites for hydroxylation is 1. The minimum Gasteiger partial charge on any atom is -0.363 e. The van der Waals surface area contributed by atoms with Crippen LogP contribution in [0.1, 0.15) is 50.5 Å². The van der Waals surface area contributed by atoms with Crippen molar-refractivity contribution in [3.8, 4) is 0 Å². The van der Waals surface area contributed by atoms with Crippen LogP contribution in [0.25, 0.3) is 0 Å². The number of piperidine rings is 1. The van der Waals surface area contributed by atoms with Crippen molar-refractivity contribution >= 4 is 36.8 Å². The van der Waals surface area contributed by atoms with Crippen LogP contribution in [0.2, 0.25) is 0 Å². The van der Waals surface area contributed by atoms with Crippen LogP contribution >= 0.6 is 0 Å². The first kappa shape index (κ1) is 24.0. The number of nitrogens with zero attached hydrogens (tertiary/aromatic N) is 3. The molecule has 1 saturated heterocycles. The number of amides is 2. The Morgan fingerprint density at radius 2 is 1.81 bits per heavy atom. The maximum absolute atomic E-state index is 11.6. The van der Waals surface area contributed by atoms with Gasteiger partial charge in [0.05, 0.1) is 17.4 Å². The first-order chi connectivity index (χ1) is 15.4. The smallest absolute Gasteiger partial charge is 0.213 e. The Kier molecular flexibility index (Phi) is 8.04. The van der Waals surface area contributed by atoms with Gasteiger partial charge in [0.2, 0.25) is 12.8 Å². The number of carbonyl (C=O) groups is 4. The summed E-state index contributed by atoms with van der Waals surface area (Å²) in [5, 5.41) is 0. The number of hydrogen-bond donors (Lipinski definition) is 0. The Balaban J connectivity index is 1.62. The number of benzene rings is 1. The van der Waals surface area contributed by atoms with Crippen LogP contribution in [0.15, 0.2) is 18.2 Å². The van der Waals surface area contributed by atoms with Crippen molar-refractivity contribution in [1.29, 1.82) is 0 Å². The molecule has 1 atom stereocenters. The topological polar surface area (TPSA) is 78.0 Å². The van der Waals surface area contributed by atoms with E-state index in [2.05, 4.69) is 6.07 Å². The predicted octanol–water partition coefficient (Wildman–Crippen LogP) is 2.84. The number of aldehydes is 2. The van der Waals surface area contributed by atoms with Crippen molar-refractivity contribution in [1.82, 2.24) is 4.90 Å². The Bertz CT molecular complexity index is 811. The van der Waals surface area contributed by atoms with Crippen LogP contribution in [0, 0.1) is 11.3 Å². The van der Waals surface area contributed by atoms with Crippen molar-refractivity contribution in [2.75, 3.05) is 37.0 Å². The van der Waals surface area contributed by atoms with Crippen molar-refractivity contribution in [2.45, 2.75) is 57.4 Å². The molecule has 1 unspecified atom stereocenters. The Morgan fingerprint density at radius 1 is 1.09 bits per heavy atom. The van der Waals surface area contributed by atoms with E-state index in [1.54, 1.807) is 7.05 Å².